The Hall–Kier alpha value is -1.90. The lowest BCUT2D eigenvalue weighted by molar-refractivity contribution is 0.363. The molecular formula is C16H15F2N. The fourth-order valence-electron chi connectivity index (χ4n) is 2.58. The Morgan fingerprint density at radius 3 is 2.26 bits per heavy atom. The maximum Gasteiger partial charge on any atom is 0.126 e. The van der Waals surface area contributed by atoms with Crippen LogP contribution in [-0.4, -0.2) is 6.04 Å². The summed E-state index contributed by atoms with van der Waals surface area (Å²) < 4.78 is 26.4. The molecule has 0 bridgehead atoms. The van der Waals surface area contributed by atoms with Crippen LogP contribution in [0.2, 0.25) is 0 Å². The highest BCUT2D eigenvalue weighted by Gasteiger charge is 2.31. The molecule has 0 heterocycles. The van der Waals surface area contributed by atoms with Crippen molar-refractivity contribution in [3.8, 4) is 0 Å². The van der Waals surface area contributed by atoms with E-state index in [9.17, 15) is 8.78 Å². The van der Waals surface area contributed by atoms with Crippen molar-refractivity contribution >= 4 is 5.69 Å². The topological polar surface area (TPSA) is 12.0 Å². The first-order chi connectivity index (χ1) is 9.22. The average Bonchev–Trinajstić information content (AvgIpc) is 2.37. The standard InChI is InChI=1S/C16H15F2N/c17-12-5-7-13(8-6-12)19-14-9-11(10-14)15-3-1-2-4-16(15)18/h1-8,11,14,19H,9-10H2. The van der Waals surface area contributed by atoms with E-state index in [4.69, 9.17) is 0 Å². The third kappa shape index (κ3) is 2.60. The molecule has 0 unspecified atom stereocenters. The maximum absolute atomic E-state index is 13.6. The first kappa shape index (κ1) is 12.2. The van der Waals surface area contributed by atoms with Crippen molar-refractivity contribution in [3.63, 3.8) is 0 Å². The van der Waals surface area contributed by atoms with Crippen molar-refractivity contribution in [2.75, 3.05) is 5.32 Å². The number of nitrogens with one attached hydrogen (secondary N) is 1. The number of halogens is 2. The summed E-state index contributed by atoms with van der Waals surface area (Å²) in [4.78, 5) is 0. The number of hydrogen-bond donors (Lipinski definition) is 1. The highest BCUT2D eigenvalue weighted by Crippen LogP contribution is 2.39. The molecule has 1 N–H and O–H groups in total. The fourth-order valence-corrected chi connectivity index (χ4v) is 2.58. The third-order valence-electron chi connectivity index (χ3n) is 3.70. The first-order valence-electron chi connectivity index (χ1n) is 6.49. The molecule has 0 radical (unpaired) electrons. The molecule has 0 amide bonds. The van der Waals surface area contributed by atoms with Crippen LogP contribution in [0, 0.1) is 11.6 Å². The van der Waals surface area contributed by atoms with Gasteiger partial charge in [-0.15, -0.1) is 0 Å². The zero-order chi connectivity index (χ0) is 13.2. The van der Waals surface area contributed by atoms with Gasteiger partial charge in [-0.3, -0.25) is 0 Å². The third-order valence-corrected chi connectivity index (χ3v) is 3.70. The van der Waals surface area contributed by atoms with Crippen molar-refractivity contribution in [1.82, 2.24) is 0 Å². The van der Waals surface area contributed by atoms with Crippen LogP contribution in [0.3, 0.4) is 0 Å². The smallest absolute Gasteiger partial charge is 0.126 e. The lowest BCUT2D eigenvalue weighted by atomic mass is 9.75. The highest BCUT2D eigenvalue weighted by atomic mass is 19.1. The molecule has 0 spiro atoms. The second-order valence-electron chi connectivity index (χ2n) is 5.04. The monoisotopic (exact) mass is 259 g/mol. The summed E-state index contributed by atoms with van der Waals surface area (Å²) in [6.45, 7) is 0. The van der Waals surface area contributed by atoms with Crippen LogP contribution < -0.4 is 5.32 Å². The molecule has 19 heavy (non-hydrogen) atoms. The number of hydrogen-bond acceptors (Lipinski definition) is 1. The summed E-state index contributed by atoms with van der Waals surface area (Å²) in [6.07, 6.45) is 1.83. The van der Waals surface area contributed by atoms with Crippen molar-refractivity contribution in [3.05, 3.63) is 65.7 Å². The van der Waals surface area contributed by atoms with Gasteiger partial charge in [0.1, 0.15) is 11.6 Å². The zero-order valence-corrected chi connectivity index (χ0v) is 10.4. The maximum atomic E-state index is 13.6. The average molecular weight is 259 g/mol. The predicted molar refractivity (Wildman–Crippen MR) is 72.2 cm³/mol. The predicted octanol–water partition coefficient (Wildman–Crippen LogP) is 4.32. The minimum absolute atomic E-state index is 0.118. The van der Waals surface area contributed by atoms with Crippen LogP contribution in [0.25, 0.3) is 0 Å². The molecule has 3 heteroatoms. The minimum atomic E-state index is -0.233. The van der Waals surface area contributed by atoms with Gasteiger partial charge in [-0.2, -0.15) is 0 Å². The summed E-state index contributed by atoms with van der Waals surface area (Å²) in [7, 11) is 0. The van der Waals surface area contributed by atoms with E-state index < -0.39 is 0 Å². The molecule has 1 saturated carbocycles. The van der Waals surface area contributed by atoms with E-state index in [0.29, 0.717) is 12.0 Å². The molecule has 1 nitrogen and oxygen atoms in total. The molecule has 0 aliphatic heterocycles. The summed E-state index contributed by atoms with van der Waals surface area (Å²) >= 11 is 0. The highest BCUT2D eigenvalue weighted by molar-refractivity contribution is 5.45. The van der Waals surface area contributed by atoms with Crippen molar-refractivity contribution in [2.24, 2.45) is 0 Å². The Bertz CT molecular complexity index is 559. The van der Waals surface area contributed by atoms with Crippen LogP contribution in [0.1, 0.15) is 24.3 Å². The molecule has 2 aromatic rings. The van der Waals surface area contributed by atoms with Gasteiger partial charge in [0.05, 0.1) is 0 Å². The van der Waals surface area contributed by atoms with Crippen LogP contribution in [-0.2, 0) is 0 Å². The summed E-state index contributed by atoms with van der Waals surface area (Å²) in [5.41, 5.74) is 1.72. The molecular weight excluding hydrogens is 244 g/mol. The zero-order valence-electron chi connectivity index (χ0n) is 10.4. The van der Waals surface area contributed by atoms with Gasteiger partial charge in [0.2, 0.25) is 0 Å². The van der Waals surface area contributed by atoms with Crippen molar-refractivity contribution in [2.45, 2.75) is 24.8 Å². The second-order valence-corrected chi connectivity index (χ2v) is 5.04. The summed E-state index contributed by atoms with van der Waals surface area (Å²) in [6, 6.07) is 13.6. The van der Waals surface area contributed by atoms with Crippen molar-refractivity contribution < 1.29 is 8.78 Å². The Kier molecular flexibility index (Phi) is 3.20. The van der Waals surface area contributed by atoms with E-state index in [-0.39, 0.29) is 11.6 Å². The Morgan fingerprint density at radius 1 is 0.895 bits per heavy atom. The summed E-state index contributed by atoms with van der Waals surface area (Å²) in [5.74, 6) is -0.0599. The Morgan fingerprint density at radius 2 is 1.58 bits per heavy atom. The summed E-state index contributed by atoms with van der Waals surface area (Å²) in [5, 5.41) is 3.34. The van der Waals surface area contributed by atoms with Crippen LogP contribution >= 0.6 is 0 Å². The molecule has 0 saturated heterocycles. The van der Waals surface area contributed by atoms with Gasteiger partial charge in [0.15, 0.2) is 0 Å². The molecule has 2 aromatic carbocycles. The van der Waals surface area contributed by atoms with E-state index in [1.807, 2.05) is 12.1 Å². The Labute approximate surface area is 111 Å². The lowest BCUT2D eigenvalue weighted by Crippen LogP contribution is -2.34. The van der Waals surface area contributed by atoms with E-state index in [0.717, 1.165) is 24.1 Å². The van der Waals surface area contributed by atoms with Gasteiger partial charge in [0.25, 0.3) is 0 Å². The second kappa shape index (κ2) is 5.00. The van der Waals surface area contributed by atoms with E-state index in [1.54, 1.807) is 18.2 Å². The quantitative estimate of drug-likeness (QED) is 0.865. The molecule has 1 fully saturated rings. The number of anilines is 1. The molecule has 3 rings (SSSR count). The van der Waals surface area contributed by atoms with Gasteiger partial charge in [-0.25, -0.2) is 8.78 Å². The lowest BCUT2D eigenvalue weighted by Gasteiger charge is -2.37. The normalized spacial score (nSPS) is 21.8. The Balaban J connectivity index is 1.58. The van der Waals surface area contributed by atoms with E-state index >= 15 is 0 Å². The van der Waals surface area contributed by atoms with Crippen molar-refractivity contribution in [1.29, 1.82) is 0 Å². The van der Waals surface area contributed by atoms with Crippen LogP contribution in [0.4, 0.5) is 14.5 Å². The number of rotatable bonds is 3. The van der Waals surface area contributed by atoms with Gasteiger partial charge in [-0.05, 0) is 54.7 Å². The number of benzene rings is 2. The molecule has 0 aromatic heterocycles. The molecule has 1 aliphatic carbocycles. The first-order valence-corrected chi connectivity index (χ1v) is 6.49. The van der Waals surface area contributed by atoms with E-state index in [2.05, 4.69) is 5.32 Å². The van der Waals surface area contributed by atoms with Gasteiger partial charge < -0.3 is 5.32 Å². The van der Waals surface area contributed by atoms with Gasteiger partial charge in [-0.1, -0.05) is 18.2 Å². The largest absolute Gasteiger partial charge is 0.382 e. The van der Waals surface area contributed by atoms with Crippen LogP contribution in [0.5, 0.6) is 0 Å². The minimum Gasteiger partial charge on any atom is -0.382 e. The SMILES string of the molecule is Fc1ccc(NC2CC(c3ccccc3F)C2)cc1. The van der Waals surface area contributed by atoms with Crippen LogP contribution in [0.15, 0.2) is 48.5 Å². The van der Waals surface area contributed by atoms with Gasteiger partial charge in [0, 0.05) is 11.7 Å². The molecule has 1 aliphatic rings. The molecule has 0 atom stereocenters. The van der Waals surface area contributed by atoms with E-state index in [1.165, 1.54) is 18.2 Å². The molecule has 98 valence electrons. The fraction of sp³-hybridized carbons (Fsp3) is 0.250. The van der Waals surface area contributed by atoms with Gasteiger partial charge >= 0.3 is 0 Å².